The highest BCUT2D eigenvalue weighted by Gasteiger charge is 2.26. The van der Waals surface area contributed by atoms with Gasteiger partial charge in [-0.2, -0.15) is 4.98 Å². The van der Waals surface area contributed by atoms with Crippen molar-refractivity contribution in [2.45, 2.75) is 19.3 Å². The molecule has 0 bridgehead atoms. The molecule has 0 aliphatic heterocycles. The van der Waals surface area contributed by atoms with Crippen LogP contribution in [0, 0.1) is 11.6 Å². The number of nitrogens with one attached hydrogen (secondary N) is 1. The van der Waals surface area contributed by atoms with Gasteiger partial charge in [0.05, 0.1) is 29.1 Å². The van der Waals surface area contributed by atoms with Crippen LogP contribution in [0.5, 0.6) is 0 Å². The predicted octanol–water partition coefficient (Wildman–Crippen LogP) is 5.17. The highest BCUT2D eigenvalue weighted by atomic mass is 32.2. The fourth-order valence-corrected chi connectivity index (χ4v) is 5.28. The van der Waals surface area contributed by atoms with E-state index in [1.54, 1.807) is 65.2 Å². The molecule has 1 N–H and O–H groups in total. The van der Waals surface area contributed by atoms with E-state index in [0.29, 0.717) is 34.1 Å². The van der Waals surface area contributed by atoms with Crippen molar-refractivity contribution in [3.05, 3.63) is 96.2 Å². The van der Waals surface area contributed by atoms with E-state index >= 15 is 0 Å². The molecule has 5 rings (SSSR count). The lowest BCUT2D eigenvalue weighted by molar-refractivity contribution is -0.116. The second-order valence-corrected chi connectivity index (χ2v) is 11.9. The summed E-state index contributed by atoms with van der Waals surface area (Å²) in [7, 11) is -1.36. The first kappa shape index (κ1) is 28.6. The Morgan fingerprint density at radius 3 is 2.43 bits per heavy atom. The maximum absolute atomic E-state index is 14.9. The number of anilines is 5. The highest BCUT2D eigenvalue weighted by molar-refractivity contribution is 7.89. The van der Waals surface area contributed by atoms with Crippen LogP contribution < -0.4 is 15.1 Å². The average Bonchev–Trinajstić information content (AvgIpc) is 3.29. The Morgan fingerprint density at radius 2 is 1.71 bits per heavy atom. The smallest absolute Gasteiger partial charge is 0.230 e. The van der Waals surface area contributed by atoms with Gasteiger partial charge in [0.25, 0.3) is 0 Å². The van der Waals surface area contributed by atoms with Crippen LogP contribution in [0.25, 0.3) is 11.0 Å². The zero-order valence-electron chi connectivity index (χ0n) is 23.0. The second-order valence-electron chi connectivity index (χ2n) is 9.73. The molecule has 10 nitrogen and oxygen atoms in total. The number of para-hydroxylation sites is 2. The molecule has 1 amide bonds. The number of hydrogen-bond donors (Lipinski definition) is 1. The van der Waals surface area contributed by atoms with Crippen molar-refractivity contribution >= 4 is 55.9 Å². The van der Waals surface area contributed by atoms with Crippen LogP contribution >= 0.6 is 0 Å². The van der Waals surface area contributed by atoms with E-state index in [2.05, 4.69) is 20.3 Å². The largest absolute Gasteiger partial charge is 0.341 e. The van der Waals surface area contributed by atoms with Crippen LogP contribution in [0.15, 0.2) is 79.0 Å². The van der Waals surface area contributed by atoms with E-state index in [0.717, 1.165) is 11.0 Å². The molecule has 5 aromatic rings. The summed E-state index contributed by atoms with van der Waals surface area (Å²) in [5.74, 6) is -1.90. The molecule has 0 saturated heterocycles. The Balaban J connectivity index is 1.45. The van der Waals surface area contributed by atoms with E-state index in [4.69, 9.17) is 0 Å². The molecular weight excluding hydrogens is 564 g/mol. The number of sulfone groups is 1. The minimum atomic E-state index is -3.15. The van der Waals surface area contributed by atoms with Crippen LogP contribution in [-0.4, -0.2) is 47.1 Å². The van der Waals surface area contributed by atoms with Crippen LogP contribution in [0.4, 0.5) is 37.9 Å². The minimum Gasteiger partial charge on any atom is -0.341 e. The molecule has 0 atom stereocenters. The number of benzene rings is 3. The molecule has 0 fully saturated rings. The number of fused-ring (bicyclic) bond motifs is 1. The molecule has 0 radical (unpaired) electrons. The van der Waals surface area contributed by atoms with Crippen molar-refractivity contribution in [1.82, 2.24) is 19.5 Å². The summed E-state index contributed by atoms with van der Waals surface area (Å²) >= 11 is 0. The van der Waals surface area contributed by atoms with Crippen LogP contribution in [0.3, 0.4) is 0 Å². The lowest BCUT2D eigenvalue weighted by Crippen LogP contribution is -2.30. The van der Waals surface area contributed by atoms with Gasteiger partial charge in [0.15, 0.2) is 21.5 Å². The van der Waals surface area contributed by atoms with Crippen molar-refractivity contribution in [1.29, 1.82) is 0 Å². The lowest BCUT2D eigenvalue weighted by Gasteiger charge is -2.25. The number of hydrogen-bond acceptors (Lipinski definition) is 8. The summed E-state index contributed by atoms with van der Waals surface area (Å²) in [5.41, 5.74) is 2.32. The Kier molecular flexibility index (Phi) is 7.85. The molecular formula is C29H27F2N7O3S. The van der Waals surface area contributed by atoms with Gasteiger partial charge in [0, 0.05) is 32.1 Å². The number of amides is 1. The monoisotopic (exact) mass is 591 g/mol. The Labute approximate surface area is 241 Å². The zero-order valence-corrected chi connectivity index (χ0v) is 23.8. The van der Waals surface area contributed by atoms with E-state index in [1.165, 1.54) is 25.3 Å². The number of carbonyl (C=O) groups is 1. The zero-order chi connectivity index (χ0) is 30.0. The van der Waals surface area contributed by atoms with Gasteiger partial charge in [-0.3, -0.25) is 9.36 Å². The molecule has 0 aliphatic carbocycles. The Morgan fingerprint density at radius 1 is 0.976 bits per heavy atom. The average molecular weight is 592 g/mol. The van der Waals surface area contributed by atoms with E-state index in [-0.39, 0.29) is 24.1 Å². The first-order chi connectivity index (χ1) is 20.0. The van der Waals surface area contributed by atoms with Gasteiger partial charge in [0.2, 0.25) is 17.8 Å². The third kappa shape index (κ3) is 6.20. The summed E-state index contributed by atoms with van der Waals surface area (Å²) in [6, 6.07) is 19.5. The summed E-state index contributed by atoms with van der Waals surface area (Å²) in [4.78, 5) is 29.1. The normalized spacial score (nSPS) is 11.5. The van der Waals surface area contributed by atoms with Gasteiger partial charge in [-0.25, -0.2) is 32.1 Å². The third-order valence-electron chi connectivity index (χ3n) is 6.35. The summed E-state index contributed by atoms with van der Waals surface area (Å²) in [5, 5.41) is 3.11. The maximum atomic E-state index is 14.9. The topological polar surface area (TPSA) is 113 Å². The van der Waals surface area contributed by atoms with Crippen molar-refractivity contribution < 1.29 is 22.0 Å². The van der Waals surface area contributed by atoms with Gasteiger partial charge in [-0.15, -0.1) is 0 Å². The molecule has 13 heteroatoms. The van der Waals surface area contributed by atoms with Crippen molar-refractivity contribution in [3.63, 3.8) is 0 Å². The lowest BCUT2D eigenvalue weighted by atomic mass is 10.2. The van der Waals surface area contributed by atoms with E-state index in [1.807, 2.05) is 12.1 Å². The molecule has 0 unspecified atom stereocenters. The standard InChI is InChI=1S/C29H27F2N7O3S/c1-19(39)38(25-10-6-7-22(30)27(25)31)29-34-23-8-4-5-9-24(23)37(29)18-36(2)26-15-16-32-28(35-26)33-21-13-11-20(12-14-21)17-42(3,40)41/h4-16H,17-18H2,1-3H3,(H,32,33,35). The number of rotatable bonds is 9. The molecule has 0 saturated carbocycles. The Bertz CT molecular complexity index is 1880. The van der Waals surface area contributed by atoms with Gasteiger partial charge in [-0.1, -0.05) is 30.3 Å². The fraction of sp³-hybridized carbons (Fsp3) is 0.172. The Hall–Kier alpha value is -4.91. The molecule has 0 spiro atoms. The first-order valence-corrected chi connectivity index (χ1v) is 14.8. The number of imidazole rings is 1. The van der Waals surface area contributed by atoms with E-state index < -0.39 is 27.4 Å². The number of halogens is 2. The SMILES string of the molecule is CC(=O)N(c1cccc(F)c1F)c1nc2ccccc2n1CN(C)c1ccnc(Nc2ccc(CS(C)(=O)=O)cc2)n1. The van der Waals surface area contributed by atoms with Crippen LogP contribution in [0.2, 0.25) is 0 Å². The van der Waals surface area contributed by atoms with Gasteiger partial charge in [-0.05, 0) is 48.0 Å². The first-order valence-electron chi connectivity index (χ1n) is 12.8. The third-order valence-corrected chi connectivity index (χ3v) is 7.20. The fourth-order valence-electron chi connectivity index (χ4n) is 4.48. The quantitative estimate of drug-likeness (QED) is 0.250. The maximum Gasteiger partial charge on any atom is 0.230 e. The van der Waals surface area contributed by atoms with Gasteiger partial charge < -0.3 is 10.2 Å². The molecule has 42 heavy (non-hydrogen) atoms. The summed E-state index contributed by atoms with van der Waals surface area (Å²) in [6.07, 6.45) is 2.76. The molecule has 2 heterocycles. The number of nitrogens with zero attached hydrogens (tertiary/aromatic N) is 6. The summed E-state index contributed by atoms with van der Waals surface area (Å²) < 4.78 is 53.8. The molecule has 2 aromatic heterocycles. The highest BCUT2D eigenvalue weighted by Crippen LogP contribution is 2.32. The van der Waals surface area contributed by atoms with Crippen LogP contribution in [0.1, 0.15) is 12.5 Å². The summed E-state index contributed by atoms with van der Waals surface area (Å²) in [6.45, 7) is 1.40. The molecule has 3 aromatic carbocycles. The van der Waals surface area contributed by atoms with Crippen LogP contribution in [-0.2, 0) is 27.1 Å². The molecule has 0 aliphatic rings. The van der Waals surface area contributed by atoms with Crippen molar-refractivity contribution in [3.8, 4) is 0 Å². The number of carbonyl (C=O) groups excluding carboxylic acids is 1. The minimum absolute atomic E-state index is 0.0537. The van der Waals surface area contributed by atoms with Crippen molar-refractivity contribution in [2.75, 3.05) is 28.4 Å². The molecule has 216 valence electrons. The predicted molar refractivity (Wildman–Crippen MR) is 158 cm³/mol. The van der Waals surface area contributed by atoms with Crippen molar-refractivity contribution in [2.24, 2.45) is 0 Å². The van der Waals surface area contributed by atoms with Gasteiger partial charge in [0.1, 0.15) is 5.82 Å². The number of aromatic nitrogens is 4. The van der Waals surface area contributed by atoms with Gasteiger partial charge >= 0.3 is 0 Å². The van der Waals surface area contributed by atoms with E-state index in [9.17, 15) is 22.0 Å². The second kappa shape index (κ2) is 11.5.